The molecule has 1 N–H and O–H groups in total. The van der Waals surface area contributed by atoms with Crippen molar-refractivity contribution in [2.24, 2.45) is 0 Å². The third kappa shape index (κ3) is 2.04. The summed E-state index contributed by atoms with van der Waals surface area (Å²) in [5.74, 6) is -1.50. The smallest absolute Gasteiger partial charge is 0.356 e. The number of rotatable bonds is 3. The number of halogens is 1. The number of aryl methyl sites for hydroxylation is 1. The Morgan fingerprint density at radius 3 is 2.72 bits per heavy atom. The minimum atomic E-state index is -1.11. The molecule has 5 nitrogen and oxygen atoms in total. The number of benzene rings is 1. The predicted molar refractivity (Wildman–Crippen MR) is 61.8 cm³/mol. The zero-order valence-electron chi connectivity index (χ0n) is 9.85. The van der Waals surface area contributed by atoms with Gasteiger partial charge in [0.2, 0.25) is 0 Å². The lowest BCUT2D eigenvalue weighted by molar-refractivity contribution is 0.0690. The molecule has 0 amide bonds. The van der Waals surface area contributed by atoms with Crippen LogP contribution in [0.1, 0.15) is 16.2 Å². The van der Waals surface area contributed by atoms with Crippen LogP contribution < -0.4 is 4.74 Å². The molecule has 0 aliphatic carbocycles. The maximum absolute atomic E-state index is 13.3. The van der Waals surface area contributed by atoms with Crippen LogP contribution in [0, 0.1) is 12.7 Å². The van der Waals surface area contributed by atoms with Gasteiger partial charge >= 0.3 is 5.97 Å². The molecule has 0 fully saturated rings. The van der Waals surface area contributed by atoms with E-state index in [1.807, 2.05) is 0 Å². The van der Waals surface area contributed by atoms with Crippen molar-refractivity contribution < 1.29 is 19.0 Å². The van der Waals surface area contributed by atoms with Gasteiger partial charge in [-0.05, 0) is 25.1 Å². The molecule has 0 radical (unpaired) electrons. The van der Waals surface area contributed by atoms with Crippen LogP contribution in [-0.4, -0.2) is 28.0 Å². The van der Waals surface area contributed by atoms with Gasteiger partial charge in [-0.25, -0.2) is 13.9 Å². The SMILES string of the molecule is COc1cc(-n2nc(C(=O)O)cc2C)ccc1F. The monoisotopic (exact) mass is 250 g/mol. The average Bonchev–Trinajstić information content (AvgIpc) is 2.72. The van der Waals surface area contributed by atoms with Crippen molar-refractivity contribution in [2.75, 3.05) is 7.11 Å². The van der Waals surface area contributed by atoms with E-state index in [2.05, 4.69) is 5.10 Å². The highest BCUT2D eigenvalue weighted by Gasteiger charge is 2.13. The highest BCUT2D eigenvalue weighted by Crippen LogP contribution is 2.21. The van der Waals surface area contributed by atoms with Gasteiger partial charge in [-0.2, -0.15) is 5.10 Å². The van der Waals surface area contributed by atoms with Crippen molar-refractivity contribution in [3.05, 3.63) is 41.5 Å². The second-order valence-electron chi connectivity index (χ2n) is 3.71. The van der Waals surface area contributed by atoms with Crippen molar-refractivity contribution in [1.29, 1.82) is 0 Å². The fourth-order valence-corrected chi connectivity index (χ4v) is 1.62. The van der Waals surface area contributed by atoms with Gasteiger partial charge in [0.25, 0.3) is 0 Å². The summed E-state index contributed by atoms with van der Waals surface area (Å²) in [5, 5.41) is 12.8. The number of methoxy groups -OCH3 is 1. The van der Waals surface area contributed by atoms with E-state index in [1.165, 1.54) is 36.1 Å². The van der Waals surface area contributed by atoms with Crippen molar-refractivity contribution >= 4 is 5.97 Å². The van der Waals surface area contributed by atoms with Crippen LogP contribution in [0.3, 0.4) is 0 Å². The van der Waals surface area contributed by atoms with E-state index < -0.39 is 11.8 Å². The summed E-state index contributed by atoms with van der Waals surface area (Å²) in [4.78, 5) is 10.8. The van der Waals surface area contributed by atoms with E-state index in [-0.39, 0.29) is 11.4 Å². The molecule has 0 saturated carbocycles. The zero-order chi connectivity index (χ0) is 13.3. The number of carbonyl (C=O) groups is 1. The molecular weight excluding hydrogens is 239 g/mol. The molecule has 0 saturated heterocycles. The van der Waals surface area contributed by atoms with Gasteiger partial charge in [0.1, 0.15) is 0 Å². The van der Waals surface area contributed by atoms with Crippen LogP contribution in [0.2, 0.25) is 0 Å². The van der Waals surface area contributed by atoms with Crippen LogP contribution in [0.4, 0.5) is 4.39 Å². The Morgan fingerprint density at radius 1 is 1.44 bits per heavy atom. The van der Waals surface area contributed by atoms with Crippen molar-refractivity contribution in [3.63, 3.8) is 0 Å². The fourth-order valence-electron chi connectivity index (χ4n) is 1.62. The van der Waals surface area contributed by atoms with Crippen LogP contribution in [0.15, 0.2) is 24.3 Å². The van der Waals surface area contributed by atoms with E-state index in [0.29, 0.717) is 11.4 Å². The standard InChI is InChI=1S/C12H11FN2O3/c1-7-5-10(12(16)17)14-15(7)8-3-4-9(13)11(6-8)18-2/h3-6H,1-2H3,(H,16,17). The number of carboxylic acids is 1. The molecule has 0 unspecified atom stereocenters. The van der Waals surface area contributed by atoms with E-state index >= 15 is 0 Å². The number of aromatic nitrogens is 2. The number of hydrogen-bond acceptors (Lipinski definition) is 3. The second kappa shape index (κ2) is 4.48. The highest BCUT2D eigenvalue weighted by atomic mass is 19.1. The lowest BCUT2D eigenvalue weighted by atomic mass is 10.3. The Kier molecular flexibility index (Phi) is 3.01. The van der Waals surface area contributed by atoms with Crippen LogP contribution >= 0.6 is 0 Å². The minimum absolute atomic E-state index is 0.0595. The largest absolute Gasteiger partial charge is 0.494 e. The van der Waals surface area contributed by atoms with Gasteiger partial charge < -0.3 is 9.84 Å². The lowest BCUT2D eigenvalue weighted by Crippen LogP contribution is -2.03. The molecular formula is C12H11FN2O3. The summed E-state index contributed by atoms with van der Waals surface area (Å²) < 4.78 is 19.6. The molecule has 0 aliphatic heterocycles. The molecule has 0 atom stereocenters. The second-order valence-corrected chi connectivity index (χ2v) is 3.71. The van der Waals surface area contributed by atoms with Crippen molar-refractivity contribution in [1.82, 2.24) is 9.78 Å². The van der Waals surface area contributed by atoms with E-state index in [0.717, 1.165) is 0 Å². The molecule has 0 aliphatic rings. The van der Waals surface area contributed by atoms with Gasteiger partial charge in [-0.1, -0.05) is 0 Å². The van der Waals surface area contributed by atoms with Crippen LogP contribution in [0.25, 0.3) is 5.69 Å². The molecule has 2 aromatic rings. The van der Waals surface area contributed by atoms with Gasteiger partial charge in [0.05, 0.1) is 12.8 Å². The molecule has 0 spiro atoms. The molecule has 2 rings (SSSR count). The molecule has 1 heterocycles. The Bertz CT molecular complexity index is 607. The minimum Gasteiger partial charge on any atom is -0.494 e. The first-order valence-corrected chi connectivity index (χ1v) is 5.17. The average molecular weight is 250 g/mol. The van der Waals surface area contributed by atoms with Gasteiger partial charge in [0.15, 0.2) is 17.3 Å². The number of aromatic carboxylic acids is 1. The fraction of sp³-hybridized carbons (Fsp3) is 0.167. The molecule has 0 bridgehead atoms. The van der Waals surface area contributed by atoms with Crippen LogP contribution in [-0.2, 0) is 0 Å². The third-order valence-electron chi connectivity index (χ3n) is 2.49. The van der Waals surface area contributed by atoms with E-state index in [9.17, 15) is 9.18 Å². The first kappa shape index (κ1) is 12.1. The van der Waals surface area contributed by atoms with Gasteiger partial charge in [-0.15, -0.1) is 0 Å². The third-order valence-corrected chi connectivity index (χ3v) is 2.49. The van der Waals surface area contributed by atoms with E-state index in [1.54, 1.807) is 6.92 Å². The Hall–Kier alpha value is -2.37. The number of nitrogens with zero attached hydrogens (tertiary/aromatic N) is 2. The topological polar surface area (TPSA) is 64.4 Å². The van der Waals surface area contributed by atoms with Gasteiger partial charge in [0, 0.05) is 11.8 Å². The molecule has 1 aromatic carbocycles. The number of hydrogen-bond donors (Lipinski definition) is 1. The summed E-state index contributed by atoms with van der Waals surface area (Å²) in [6.45, 7) is 1.72. The summed E-state index contributed by atoms with van der Waals surface area (Å²) in [7, 11) is 1.36. The quantitative estimate of drug-likeness (QED) is 0.905. The molecule has 18 heavy (non-hydrogen) atoms. The summed E-state index contributed by atoms with van der Waals surface area (Å²) in [6.07, 6.45) is 0. The maximum Gasteiger partial charge on any atom is 0.356 e. The first-order chi connectivity index (χ1) is 8.52. The first-order valence-electron chi connectivity index (χ1n) is 5.17. The lowest BCUT2D eigenvalue weighted by Gasteiger charge is -2.07. The maximum atomic E-state index is 13.3. The molecule has 6 heteroatoms. The Labute approximate surface area is 102 Å². The van der Waals surface area contributed by atoms with Crippen molar-refractivity contribution in [2.45, 2.75) is 6.92 Å². The van der Waals surface area contributed by atoms with E-state index in [4.69, 9.17) is 9.84 Å². The van der Waals surface area contributed by atoms with Gasteiger partial charge in [-0.3, -0.25) is 0 Å². The van der Waals surface area contributed by atoms with Crippen LogP contribution in [0.5, 0.6) is 5.75 Å². The summed E-state index contributed by atoms with van der Waals surface area (Å²) >= 11 is 0. The zero-order valence-corrected chi connectivity index (χ0v) is 9.85. The number of carboxylic acid groups (broad SMARTS) is 1. The summed E-state index contributed by atoms with van der Waals surface area (Å²) in [5.41, 5.74) is 1.12. The van der Waals surface area contributed by atoms with Crippen molar-refractivity contribution in [3.8, 4) is 11.4 Å². The Morgan fingerprint density at radius 2 is 2.17 bits per heavy atom. The number of ether oxygens (including phenoxy) is 1. The predicted octanol–water partition coefficient (Wildman–Crippen LogP) is 2.03. The molecule has 1 aromatic heterocycles. The highest BCUT2D eigenvalue weighted by molar-refractivity contribution is 5.85. The Balaban J connectivity index is 2.51. The normalized spacial score (nSPS) is 10.4. The summed E-state index contributed by atoms with van der Waals surface area (Å²) in [6, 6.07) is 5.65. The molecule has 94 valence electrons.